The van der Waals surface area contributed by atoms with Crippen LogP contribution >= 0.6 is 0 Å². The average molecular weight is 371 g/mol. The zero-order valence-corrected chi connectivity index (χ0v) is 14.1. The number of halogens is 3. The molecule has 1 aromatic heterocycles. The molecule has 0 aliphatic heterocycles. The zero-order valence-electron chi connectivity index (χ0n) is 14.1. The fourth-order valence-electron chi connectivity index (χ4n) is 2.47. The van der Waals surface area contributed by atoms with Gasteiger partial charge in [0.2, 0.25) is 5.91 Å². The molecular weight excluding hydrogens is 355 g/mol. The van der Waals surface area contributed by atoms with Crippen molar-refractivity contribution >= 4 is 17.7 Å². The summed E-state index contributed by atoms with van der Waals surface area (Å²) < 4.78 is 39.4. The van der Waals surface area contributed by atoms with E-state index in [9.17, 15) is 18.0 Å². The summed E-state index contributed by atoms with van der Waals surface area (Å²) in [5.41, 5.74) is 1.38. The first-order valence-electron chi connectivity index (χ1n) is 8.13. The van der Waals surface area contributed by atoms with Gasteiger partial charge < -0.3 is 5.32 Å². The Morgan fingerprint density at radius 2 is 1.89 bits per heavy atom. The fourth-order valence-corrected chi connectivity index (χ4v) is 2.47. The van der Waals surface area contributed by atoms with Crippen LogP contribution in [0.25, 0.3) is 6.08 Å². The van der Waals surface area contributed by atoms with E-state index in [1.165, 1.54) is 24.3 Å². The molecule has 4 nitrogen and oxygen atoms in total. The van der Waals surface area contributed by atoms with Crippen LogP contribution in [0.4, 0.5) is 18.9 Å². The quantitative estimate of drug-likeness (QED) is 0.666. The minimum atomic E-state index is -4.37. The smallest absolute Gasteiger partial charge is 0.323 e. The monoisotopic (exact) mass is 371 g/mol. The second kappa shape index (κ2) is 7.90. The Morgan fingerprint density at radius 1 is 1.11 bits per heavy atom. The Kier molecular flexibility index (Phi) is 5.40. The molecule has 0 saturated heterocycles. The molecule has 0 fully saturated rings. The summed E-state index contributed by atoms with van der Waals surface area (Å²) in [6.45, 7) is 0.581. The van der Waals surface area contributed by atoms with Crippen LogP contribution in [0.2, 0.25) is 0 Å². The van der Waals surface area contributed by atoms with Crippen LogP contribution in [-0.2, 0) is 17.5 Å². The highest BCUT2D eigenvalue weighted by Crippen LogP contribution is 2.29. The van der Waals surface area contributed by atoms with E-state index in [0.29, 0.717) is 17.8 Å². The summed E-state index contributed by atoms with van der Waals surface area (Å²) in [5, 5.41) is 6.87. The molecule has 0 bridgehead atoms. The van der Waals surface area contributed by atoms with Gasteiger partial charge in [-0.25, -0.2) is 0 Å². The first kappa shape index (κ1) is 18.4. The van der Waals surface area contributed by atoms with Gasteiger partial charge in [0.15, 0.2) is 0 Å². The maximum atomic E-state index is 12.5. The maximum absolute atomic E-state index is 12.5. The van der Waals surface area contributed by atoms with Gasteiger partial charge in [-0.15, -0.1) is 0 Å². The molecule has 138 valence electrons. The number of rotatable bonds is 5. The van der Waals surface area contributed by atoms with Gasteiger partial charge in [0, 0.05) is 24.2 Å². The SMILES string of the molecule is O=C(/C=C/c1ccc(C(F)(F)F)cc1)Nc1cccc(Cn2cccn2)c1. The van der Waals surface area contributed by atoms with E-state index < -0.39 is 11.7 Å². The number of aromatic nitrogens is 2. The summed E-state index contributed by atoms with van der Waals surface area (Å²) in [6.07, 6.45) is 1.91. The number of carbonyl (C=O) groups is 1. The molecule has 1 amide bonds. The highest BCUT2D eigenvalue weighted by Gasteiger charge is 2.29. The lowest BCUT2D eigenvalue weighted by Gasteiger charge is -2.07. The molecule has 0 unspecified atom stereocenters. The lowest BCUT2D eigenvalue weighted by Crippen LogP contribution is -2.08. The first-order valence-corrected chi connectivity index (χ1v) is 8.13. The van der Waals surface area contributed by atoms with Crippen LogP contribution in [0.15, 0.2) is 73.1 Å². The Labute approximate surface area is 153 Å². The number of carbonyl (C=O) groups excluding carboxylic acids is 1. The van der Waals surface area contributed by atoms with Crippen LogP contribution in [-0.4, -0.2) is 15.7 Å². The van der Waals surface area contributed by atoms with Crippen LogP contribution in [0.3, 0.4) is 0 Å². The van der Waals surface area contributed by atoms with Gasteiger partial charge in [0.1, 0.15) is 0 Å². The van der Waals surface area contributed by atoms with Crippen LogP contribution in [0.1, 0.15) is 16.7 Å². The Balaban J connectivity index is 1.61. The van der Waals surface area contributed by atoms with Gasteiger partial charge in [0.05, 0.1) is 12.1 Å². The zero-order chi connectivity index (χ0) is 19.3. The number of benzene rings is 2. The van der Waals surface area contributed by atoms with E-state index in [4.69, 9.17) is 0 Å². The van der Waals surface area contributed by atoms with E-state index >= 15 is 0 Å². The topological polar surface area (TPSA) is 46.9 Å². The highest BCUT2D eigenvalue weighted by molar-refractivity contribution is 6.01. The Bertz CT molecular complexity index is 930. The molecule has 27 heavy (non-hydrogen) atoms. The lowest BCUT2D eigenvalue weighted by atomic mass is 10.1. The molecule has 0 aliphatic rings. The van der Waals surface area contributed by atoms with E-state index in [1.807, 2.05) is 30.5 Å². The molecule has 0 spiro atoms. The molecule has 2 aromatic carbocycles. The predicted molar refractivity (Wildman–Crippen MR) is 96.9 cm³/mol. The molecule has 3 aromatic rings. The molecular formula is C20H16F3N3O. The lowest BCUT2D eigenvalue weighted by molar-refractivity contribution is -0.137. The fraction of sp³-hybridized carbons (Fsp3) is 0.100. The average Bonchev–Trinajstić information content (AvgIpc) is 3.13. The third kappa shape index (κ3) is 5.31. The van der Waals surface area contributed by atoms with Crippen molar-refractivity contribution < 1.29 is 18.0 Å². The van der Waals surface area contributed by atoms with Gasteiger partial charge in [-0.05, 0) is 47.5 Å². The van der Waals surface area contributed by atoms with Gasteiger partial charge in [0.25, 0.3) is 0 Å². The summed E-state index contributed by atoms with van der Waals surface area (Å²) in [7, 11) is 0. The molecule has 0 atom stereocenters. The van der Waals surface area contributed by atoms with Crippen molar-refractivity contribution in [1.29, 1.82) is 0 Å². The minimum Gasteiger partial charge on any atom is -0.323 e. The number of amides is 1. The van der Waals surface area contributed by atoms with Crippen molar-refractivity contribution in [3.8, 4) is 0 Å². The third-order valence-corrected chi connectivity index (χ3v) is 3.76. The van der Waals surface area contributed by atoms with Crippen molar-refractivity contribution in [2.45, 2.75) is 12.7 Å². The van der Waals surface area contributed by atoms with Crippen LogP contribution < -0.4 is 5.32 Å². The van der Waals surface area contributed by atoms with Crippen molar-refractivity contribution in [3.63, 3.8) is 0 Å². The summed E-state index contributed by atoms with van der Waals surface area (Å²) in [5.74, 6) is -0.369. The standard InChI is InChI=1S/C20H16F3N3O/c21-20(22,23)17-8-5-15(6-9-17)7-10-19(27)25-18-4-1-3-16(13-18)14-26-12-2-11-24-26/h1-13H,14H2,(H,25,27)/b10-7+. The molecule has 1 N–H and O–H groups in total. The number of hydrogen-bond acceptors (Lipinski definition) is 2. The van der Waals surface area contributed by atoms with E-state index in [-0.39, 0.29) is 5.91 Å². The number of anilines is 1. The second-order valence-electron chi connectivity index (χ2n) is 5.85. The van der Waals surface area contributed by atoms with Crippen LogP contribution in [0.5, 0.6) is 0 Å². The predicted octanol–water partition coefficient (Wildman–Crippen LogP) is 4.60. The maximum Gasteiger partial charge on any atom is 0.416 e. The molecule has 3 rings (SSSR count). The summed E-state index contributed by atoms with van der Waals surface area (Å²) >= 11 is 0. The molecule has 0 saturated carbocycles. The van der Waals surface area contributed by atoms with E-state index in [0.717, 1.165) is 17.7 Å². The van der Waals surface area contributed by atoms with Crippen molar-refractivity contribution in [1.82, 2.24) is 9.78 Å². The Hall–Kier alpha value is -3.35. The molecule has 0 aliphatic carbocycles. The van der Waals surface area contributed by atoms with Crippen molar-refractivity contribution in [2.75, 3.05) is 5.32 Å². The molecule has 1 heterocycles. The number of alkyl halides is 3. The van der Waals surface area contributed by atoms with Crippen LogP contribution in [0, 0.1) is 0 Å². The largest absolute Gasteiger partial charge is 0.416 e. The first-order chi connectivity index (χ1) is 12.9. The van der Waals surface area contributed by atoms with Gasteiger partial charge in [-0.3, -0.25) is 9.48 Å². The minimum absolute atomic E-state index is 0.369. The second-order valence-corrected chi connectivity index (χ2v) is 5.85. The highest BCUT2D eigenvalue weighted by atomic mass is 19.4. The molecule has 0 radical (unpaired) electrons. The van der Waals surface area contributed by atoms with Gasteiger partial charge in [-0.2, -0.15) is 18.3 Å². The van der Waals surface area contributed by atoms with Crippen molar-refractivity contribution in [3.05, 3.63) is 89.8 Å². The molecule has 7 heteroatoms. The van der Waals surface area contributed by atoms with Gasteiger partial charge in [-0.1, -0.05) is 24.3 Å². The number of nitrogens with zero attached hydrogens (tertiary/aromatic N) is 2. The third-order valence-electron chi connectivity index (χ3n) is 3.76. The summed E-state index contributed by atoms with van der Waals surface area (Å²) in [4.78, 5) is 12.0. The van der Waals surface area contributed by atoms with E-state index in [2.05, 4.69) is 10.4 Å². The number of nitrogens with one attached hydrogen (secondary N) is 1. The Morgan fingerprint density at radius 3 is 2.56 bits per heavy atom. The number of hydrogen-bond donors (Lipinski definition) is 1. The van der Waals surface area contributed by atoms with E-state index in [1.54, 1.807) is 16.9 Å². The normalized spacial score (nSPS) is 11.7. The van der Waals surface area contributed by atoms with Gasteiger partial charge >= 0.3 is 6.18 Å². The summed E-state index contributed by atoms with van der Waals surface area (Å²) in [6, 6.07) is 13.8. The van der Waals surface area contributed by atoms with Crippen molar-refractivity contribution in [2.24, 2.45) is 0 Å².